The van der Waals surface area contributed by atoms with Crippen molar-refractivity contribution in [3.05, 3.63) is 59.9 Å². The molecule has 2 aromatic rings. The Kier molecular flexibility index (Phi) is 6.45. The summed E-state index contributed by atoms with van der Waals surface area (Å²) in [6.07, 6.45) is 4.37. The Hall–Kier alpha value is -2.73. The molecule has 0 aliphatic carbocycles. The first-order valence-electron chi connectivity index (χ1n) is 7.64. The molecule has 0 spiro atoms. The summed E-state index contributed by atoms with van der Waals surface area (Å²) in [4.78, 5) is 29.5. The van der Waals surface area contributed by atoms with E-state index in [0.717, 1.165) is 13.0 Å². The molecule has 0 atom stereocenters. The molecule has 0 aliphatic rings. The van der Waals surface area contributed by atoms with Gasteiger partial charge in [-0.15, -0.1) is 0 Å². The van der Waals surface area contributed by atoms with E-state index in [0.29, 0.717) is 11.3 Å². The van der Waals surface area contributed by atoms with Crippen LogP contribution in [0.2, 0.25) is 0 Å². The number of carbonyl (C=O) groups excluding carboxylic acids is 2. The van der Waals surface area contributed by atoms with Gasteiger partial charge in [-0.2, -0.15) is 0 Å². The number of likely N-dealkylation sites (N-methyl/N-ethyl adjacent to an activating group) is 1. The first-order chi connectivity index (χ1) is 11.6. The number of benzene rings is 1. The van der Waals surface area contributed by atoms with Crippen LogP contribution in [-0.2, 0) is 16.0 Å². The molecule has 0 radical (unpaired) electrons. The van der Waals surface area contributed by atoms with Crippen LogP contribution in [0.3, 0.4) is 0 Å². The Morgan fingerprint density at radius 2 is 1.96 bits per heavy atom. The summed E-state index contributed by atoms with van der Waals surface area (Å²) in [5, 5.41) is 2.79. The third kappa shape index (κ3) is 5.48. The number of amides is 1. The number of carbonyl (C=O) groups is 2. The van der Waals surface area contributed by atoms with Crippen molar-refractivity contribution < 1.29 is 14.3 Å². The number of anilines is 1. The molecule has 0 bridgehead atoms. The van der Waals surface area contributed by atoms with Crippen molar-refractivity contribution in [2.24, 2.45) is 0 Å². The van der Waals surface area contributed by atoms with Gasteiger partial charge in [-0.1, -0.05) is 6.07 Å². The molecule has 6 nitrogen and oxygen atoms in total. The molecule has 6 heteroatoms. The number of hydrogen-bond donors (Lipinski definition) is 1. The molecule has 0 unspecified atom stereocenters. The summed E-state index contributed by atoms with van der Waals surface area (Å²) in [7, 11) is 3.22. The van der Waals surface area contributed by atoms with Crippen LogP contribution in [-0.4, -0.2) is 49.0 Å². The van der Waals surface area contributed by atoms with Crippen molar-refractivity contribution in [3.63, 3.8) is 0 Å². The van der Waals surface area contributed by atoms with Gasteiger partial charge in [-0.05, 0) is 49.4 Å². The Morgan fingerprint density at radius 1 is 1.21 bits per heavy atom. The fraction of sp³-hybridized carbons (Fsp3) is 0.278. The highest BCUT2D eigenvalue weighted by molar-refractivity contribution is 5.95. The third-order valence-corrected chi connectivity index (χ3v) is 3.51. The van der Waals surface area contributed by atoms with E-state index in [4.69, 9.17) is 0 Å². The van der Waals surface area contributed by atoms with Gasteiger partial charge in [0, 0.05) is 24.6 Å². The van der Waals surface area contributed by atoms with Crippen LogP contribution in [0.1, 0.15) is 15.9 Å². The van der Waals surface area contributed by atoms with Crippen molar-refractivity contribution in [1.82, 2.24) is 9.88 Å². The second-order valence-electron chi connectivity index (χ2n) is 5.46. The molecular weight excluding hydrogens is 306 g/mol. The van der Waals surface area contributed by atoms with E-state index >= 15 is 0 Å². The van der Waals surface area contributed by atoms with Crippen molar-refractivity contribution in [3.8, 4) is 0 Å². The second kappa shape index (κ2) is 8.79. The van der Waals surface area contributed by atoms with Gasteiger partial charge in [-0.3, -0.25) is 14.7 Å². The Labute approximate surface area is 141 Å². The molecule has 24 heavy (non-hydrogen) atoms. The number of methoxy groups -OCH3 is 1. The predicted molar refractivity (Wildman–Crippen MR) is 91.8 cm³/mol. The van der Waals surface area contributed by atoms with E-state index in [1.165, 1.54) is 12.7 Å². The zero-order valence-corrected chi connectivity index (χ0v) is 13.9. The van der Waals surface area contributed by atoms with Gasteiger partial charge in [-0.25, -0.2) is 4.79 Å². The van der Waals surface area contributed by atoms with Crippen LogP contribution < -0.4 is 5.32 Å². The van der Waals surface area contributed by atoms with Gasteiger partial charge < -0.3 is 10.1 Å². The number of hydrogen-bond acceptors (Lipinski definition) is 5. The molecule has 0 aliphatic heterocycles. The fourth-order valence-electron chi connectivity index (χ4n) is 2.24. The number of nitrogens with zero attached hydrogens (tertiary/aromatic N) is 2. The smallest absolute Gasteiger partial charge is 0.337 e. The zero-order valence-electron chi connectivity index (χ0n) is 13.9. The van der Waals surface area contributed by atoms with Crippen LogP contribution in [0, 0.1) is 0 Å². The summed E-state index contributed by atoms with van der Waals surface area (Å²) in [5.41, 5.74) is 2.16. The van der Waals surface area contributed by atoms with E-state index in [9.17, 15) is 9.59 Å². The number of rotatable bonds is 7. The maximum Gasteiger partial charge on any atom is 0.337 e. The molecule has 1 N–H and O–H groups in total. The summed E-state index contributed by atoms with van der Waals surface area (Å²) in [5.74, 6) is -0.560. The standard InChI is InChI=1S/C18H21N3O3/c1-21(11-8-14-6-9-19-10-7-14)13-17(22)20-16-5-3-4-15(12-16)18(23)24-2/h3-7,9-10,12H,8,11,13H2,1-2H3,(H,20,22). The highest BCUT2D eigenvalue weighted by atomic mass is 16.5. The van der Waals surface area contributed by atoms with Crippen LogP contribution in [0.25, 0.3) is 0 Å². The quantitative estimate of drug-likeness (QED) is 0.787. The van der Waals surface area contributed by atoms with Gasteiger partial charge in [0.1, 0.15) is 0 Å². The van der Waals surface area contributed by atoms with Gasteiger partial charge >= 0.3 is 5.97 Å². The van der Waals surface area contributed by atoms with Crippen molar-refractivity contribution >= 4 is 17.6 Å². The SMILES string of the molecule is COC(=O)c1cccc(NC(=O)CN(C)CCc2ccncc2)c1. The van der Waals surface area contributed by atoms with Crippen molar-refractivity contribution in [2.75, 3.05) is 32.6 Å². The summed E-state index contributed by atoms with van der Waals surface area (Å²) < 4.78 is 4.67. The van der Waals surface area contributed by atoms with E-state index < -0.39 is 5.97 Å². The lowest BCUT2D eigenvalue weighted by Crippen LogP contribution is -2.31. The number of pyridine rings is 1. The van der Waals surface area contributed by atoms with Gasteiger partial charge in [0.2, 0.25) is 5.91 Å². The minimum absolute atomic E-state index is 0.130. The van der Waals surface area contributed by atoms with E-state index in [1.807, 2.05) is 24.1 Å². The first kappa shape index (κ1) is 17.6. The lowest BCUT2D eigenvalue weighted by Gasteiger charge is -2.16. The summed E-state index contributed by atoms with van der Waals surface area (Å²) >= 11 is 0. The largest absolute Gasteiger partial charge is 0.465 e. The molecule has 1 heterocycles. The van der Waals surface area contributed by atoms with Crippen molar-refractivity contribution in [1.29, 1.82) is 0 Å². The van der Waals surface area contributed by atoms with E-state index in [1.54, 1.807) is 36.7 Å². The number of esters is 1. The lowest BCUT2D eigenvalue weighted by atomic mass is 10.2. The monoisotopic (exact) mass is 327 g/mol. The zero-order chi connectivity index (χ0) is 17.4. The molecule has 0 saturated heterocycles. The van der Waals surface area contributed by atoms with Crippen LogP contribution in [0.15, 0.2) is 48.8 Å². The second-order valence-corrected chi connectivity index (χ2v) is 5.46. The molecule has 1 aromatic heterocycles. The van der Waals surface area contributed by atoms with E-state index in [-0.39, 0.29) is 12.5 Å². The first-order valence-corrected chi connectivity index (χ1v) is 7.64. The van der Waals surface area contributed by atoms with Gasteiger partial charge in [0.15, 0.2) is 0 Å². The highest BCUT2D eigenvalue weighted by Gasteiger charge is 2.09. The summed E-state index contributed by atoms with van der Waals surface area (Å²) in [6.45, 7) is 1.03. The summed E-state index contributed by atoms with van der Waals surface area (Å²) in [6, 6.07) is 10.6. The third-order valence-electron chi connectivity index (χ3n) is 3.51. The Balaban J connectivity index is 1.83. The van der Waals surface area contributed by atoms with Crippen molar-refractivity contribution in [2.45, 2.75) is 6.42 Å². The average Bonchev–Trinajstić information content (AvgIpc) is 2.60. The maximum atomic E-state index is 12.1. The normalized spacial score (nSPS) is 10.5. The fourth-order valence-corrected chi connectivity index (χ4v) is 2.24. The minimum atomic E-state index is -0.430. The minimum Gasteiger partial charge on any atom is -0.465 e. The highest BCUT2D eigenvalue weighted by Crippen LogP contribution is 2.11. The Bertz CT molecular complexity index is 689. The lowest BCUT2D eigenvalue weighted by molar-refractivity contribution is -0.117. The number of aromatic nitrogens is 1. The van der Waals surface area contributed by atoms with E-state index in [2.05, 4.69) is 15.0 Å². The predicted octanol–water partition coefficient (Wildman–Crippen LogP) is 1.98. The molecule has 1 amide bonds. The number of ether oxygens (including phenoxy) is 1. The van der Waals surface area contributed by atoms with Crippen LogP contribution in [0.5, 0.6) is 0 Å². The average molecular weight is 327 g/mol. The molecule has 126 valence electrons. The van der Waals surface area contributed by atoms with Gasteiger partial charge in [0.05, 0.1) is 19.2 Å². The molecule has 1 aromatic carbocycles. The molecule has 0 saturated carbocycles. The van der Waals surface area contributed by atoms with Crippen LogP contribution in [0.4, 0.5) is 5.69 Å². The number of nitrogens with one attached hydrogen (secondary N) is 1. The Morgan fingerprint density at radius 3 is 2.67 bits per heavy atom. The van der Waals surface area contributed by atoms with Crippen LogP contribution >= 0.6 is 0 Å². The molecule has 2 rings (SSSR count). The van der Waals surface area contributed by atoms with Gasteiger partial charge in [0.25, 0.3) is 0 Å². The molecular formula is C18H21N3O3. The molecule has 0 fully saturated rings. The topological polar surface area (TPSA) is 71.5 Å². The maximum absolute atomic E-state index is 12.1.